The smallest absolute Gasteiger partial charge is 0.346 e. The molecule has 0 aliphatic heterocycles. The molecule has 1 rings (SSSR count). The van der Waals surface area contributed by atoms with E-state index in [1.165, 1.54) is 6.08 Å². The molecule has 132 valence electrons. The summed E-state index contributed by atoms with van der Waals surface area (Å²) in [4.78, 5) is 8.91. The monoisotopic (exact) mass is 347 g/mol. The van der Waals surface area contributed by atoms with Crippen molar-refractivity contribution in [3.63, 3.8) is 0 Å². The molecule has 0 bridgehead atoms. The van der Waals surface area contributed by atoms with Crippen molar-refractivity contribution in [2.24, 2.45) is 0 Å². The summed E-state index contributed by atoms with van der Waals surface area (Å²) in [7, 11) is 0. The molecule has 24 heavy (non-hydrogen) atoms. The van der Waals surface area contributed by atoms with Crippen LogP contribution in [0.4, 0.5) is 23.2 Å². The Hall–Kier alpha value is -2.38. The molecule has 0 spiro atoms. The molecule has 1 aromatic carbocycles. The highest BCUT2D eigenvalue weighted by Gasteiger charge is 2.33. The summed E-state index contributed by atoms with van der Waals surface area (Å²) in [6.07, 6.45) is 4.98. The van der Waals surface area contributed by atoms with Crippen LogP contribution < -0.4 is 4.74 Å². The zero-order valence-electron chi connectivity index (χ0n) is 13.5. The highest BCUT2D eigenvalue weighted by atomic mass is 19.2. The molecule has 0 radical (unpaired) electrons. The predicted molar refractivity (Wildman–Crippen MR) is 80.8 cm³/mol. The van der Waals surface area contributed by atoms with Gasteiger partial charge in [0.2, 0.25) is 23.3 Å². The molecule has 0 atom stereocenters. The number of nitro groups is 1. The zero-order valence-corrected chi connectivity index (χ0v) is 13.5. The molecule has 0 N–H and O–H groups in total. The second-order valence-electron chi connectivity index (χ2n) is 5.37. The number of halogens is 4. The van der Waals surface area contributed by atoms with Gasteiger partial charge in [-0.15, -0.1) is 0 Å². The van der Waals surface area contributed by atoms with E-state index in [4.69, 9.17) is 4.74 Å². The third-order valence-electron chi connectivity index (χ3n) is 3.13. The van der Waals surface area contributed by atoms with E-state index in [2.05, 4.69) is 0 Å². The van der Waals surface area contributed by atoms with Crippen LogP contribution in [0.15, 0.2) is 23.3 Å². The molecule has 0 saturated carbocycles. The number of hydrogen-bond donors (Lipinski definition) is 0. The van der Waals surface area contributed by atoms with Gasteiger partial charge >= 0.3 is 5.69 Å². The fourth-order valence-electron chi connectivity index (χ4n) is 1.84. The molecule has 0 heterocycles. The van der Waals surface area contributed by atoms with Crippen LogP contribution >= 0.6 is 0 Å². The van der Waals surface area contributed by atoms with Crippen molar-refractivity contribution in [2.75, 3.05) is 6.61 Å². The Balaban J connectivity index is 2.90. The van der Waals surface area contributed by atoms with E-state index in [0.717, 1.165) is 17.6 Å². The maximum atomic E-state index is 13.6. The number of benzene rings is 1. The highest BCUT2D eigenvalue weighted by Crippen LogP contribution is 2.34. The normalized spacial score (nSPS) is 11.4. The van der Waals surface area contributed by atoms with Crippen LogP contribution in [0.25, 0.3) is 0 Å². The Bertz CT molecular complexity index is 666. The summed E-state index contributed by atoms with van der Waals surface area (Å²) in [5.41, 5.74) is 0.127. The number of nitrogens with zero attached hydrogens (tertiary/aromatic N) is 1. The summed E-state index contributed by atoms with van der Waals surface area (Å²) in [6.45, 7) is 5.34. The van der Waals surface area contributed by atoms with Crippen LogP contribution in [0.2, 0.25) is 0 Å². The predicted octanol–water partition coefficient (Wildman–Crippen LogP) is 5.22. The Morgan fingerprint density at radius 1 is 1.04 bits per heavy atom. The molecule has 4 nitrogen and oxygen atoms in total. The van der Waals surface area contributed by atoms with Crippen LogP contribution in [-0.4, -0.2) is 11.5 Å². The standard InChI is InChI=1S/C16H17F4NO3/c1-9(2)5-4-6-10(3)7-8-24-16-13(19)11(17)15(21(22)23)12(18)14(16)20/h5,7H,4,6,8H2,1-3H3/b10-7+. The first-order chi connectivity index (χ1) is 11.2. The van der Waals surface area contributed by atoms with E-state index < -0.39 is 39.6 Å². The second-order valence-corrected chi connectivity index (χ2v) is 5.37. The summed E-state index contributed by atoms with van der Waals surface area (Å²) < 4.78 is 58.9. The average molecular weight is 347 g/mol. The molecule has 1 aromatic rings. The first kappa shape index (κ1) is 19.7. The van der Waals surface area contributed by atoms with Gasteiger partial charge in [-0.3, -0.25) is 10.1 Å². The van der Waals surface area contributed by atoms with Gasteiger partial charge in [0.1, 0.15) is 6.61 Å². The highest BCUT2D eigenvalue weighted by molar-refractivity contribution is 5.42. The molecule has 0 saturated heterocycles. The largest absolute Gasteiger partial charge is 0.483 e. The molecule has 0 amide bonds. The molecule has 0 aliphatic carbocycles. The first-order valence-corrected chi connectivity index (χ1v) is 7.08. The average Bonchev–Trinajstić information content (AvgIpc) is 2.48. The minimum atomic E-state index is -2.10. The Morgan fingerprint density at radius 3 is 2.04 bits per heavy atom. The molecule has 8 heteroatoms. The summed E-state index contributed by atoms with van der Waals surface area (Å²) in [6, 6.07) is 0. The Morgan fingerprint density at radius 2 is 1.58 bits per heavy atom. The number of nitro benzene ring substituents is 1. The third-order valence-corrected chi connectivity index (χ3v) is 3.13. The molecular weight excluding hydrogens is 330 g/mol. The van der Waals surface area contributed by atoms with Gasteiger partial charge in [-0.25, -0.2) is 0 Å². The lowest BCUT2D eigenvalue weighted by atomic mass is 10.1. The summed E-state index contributed by atoms with van der Waals surface area (Å²) in [5.74, 6) is -9.38. The fraction of sp³-hybridized carbons (Fsp3) is 0.375. The third kappa shape index (κ3) is 4.81. The van der Waals surface area contributed by atoms with Crippen LogP contribution in [0, 0.1) is 33.4 Å². The van der Waals surface area contributed by atoms with E-state index in [-0.39, 0.29) is 6.61 Å². The molecule has 0 aromatic heterocycles. The number of ether oxygens (including phenoxy) is 1. The lowest BCUT2D eigenvalue weighted by molar-refractivity contribution is -0.390. The minimum Gasteiger partial charge on any atom is -0.483 e. The van der Waals surface area contributed by atoms with Crippen LogP contribution in [-0.2, 0) is 0 Å². The van der Waals surface area contributed by atoms with Gasteiger partial charge in [0.05, 0.1) is 4.92 Å². The van der Waals surface area contributed by atoms with Gasteiger partial charge in [-0.1, -0.05) is 17.2 Å². The Kier molecular flexibility index (Phi) is 6.94. The first-order valence-electron chi connectivity index (χ1n) is 7.08. The second kappa shape index (κ2) is 8.47. The van der Waals surface area contributed by atoms with E-state index in [1.54, 1.807) is 6.92 Å². The fourth-order valence-corrected chi connectivity index (χ4v) is 1.84. The van der Waals surface area contributed by atoms with Gasteiger partial charge in [0, 0.05) is 0 Å². The van der Waals surface area contributed by atoms with E-state index >= 15 is 0 Å². The van der Waals surface area contributed by atoms with Crippen LogP contribution in [0.5, 0.6) is 5.75 Å². The van der Waals surface area contributed by atoms with Gasteiger partial charge < -0.3 is 4.74 Å². The zero-order chi connectivity index (χ0) is 18.4. The topological polar surface area (TPSA) is 52.4 Å². The van der Waals surface area contributed by atoms with Crippen molar-refractivity contribution in [2.45, 2.75) is 33.6 Å². The lowest BCUT2D eigenvalue weighted by Crippen LogP contribution is -2.08. The van der Waals surface area contributed by atoms with Crippen molar-refractivity contribution in [3.8, 4) is 5.75 Å². The quantitative estimate of drug-likeness (QED) is 0.223. The maximum absolute atomic E-state index is 13.6. The van der Waals surface area contributed by atoms with Crippen LogP contribution in [0.3, 0.4) is 0 Å². The van der Waals surface area contributed by atoms with Crippen molar-refractivity contribution in [3.05, 3.63) is 56.7 Å². The van der Waals surface area contributed by atoms with Crippen molar-refractivity contribution in [1.82, 2.24) is 0 Å². The Labute approximate surface area is 136 Å². The number of allylic oxidation sites excluding steroid dienone is 3. The minimum absolute atomic E-state index is 0.328. The molecule has 0 aliphatic rings. The van der Waals surface area contributed by atoms with Crippen molar-refractivity contribution in [1.29, 1.82) is 0 Å². The lowest BCUT2D eigenvalue weighted by Gasteiger charge is -2.09. The number of hydrogen-bond acceptors (Lipinski definition) is 3. The molecule has 0 unspecified atom stereocenters. The maximum Gasteiger partial charge on any atom is 0.346 e. The van der Waals surface area contributed by atoms with Crippen LogP contribution in [0.1, 0.15) is 33.6 Å². The SMILES string of the molecule is CC(C)=CCC/C(C)=C/COc1c(F)c(F)c([N+](=O)[O-])c(F)c1F. The van der Waals surface area contributed by atoms with Gasteiger partial charge in [-0.2, -0.15) is 17.6 Å². The van der Waals surface area contributed by atoms with E-state index in [0.29, 0.717) is 6.42 Å². The summed E-state index contributed by atoms with van der Waals surface area (Å²) in [5, 5.41) is 10.4. The van der Waals surface area contributed by atoms with Gasteiger partial charge in [0.25, 0.3) is 0 Å². The van der Waals surface area contributed by atoms with Crippen molar-refractivity contribution < 1.29 is 27.2 Å². The van der Waals surface area contributed by atoms with Crippen molar-refractivity contribution >= 4 is 5.69 Å². The van der Waals surface area contributed by atoms with Gasteiger partial charge in [-0.05, 0) is 39.7 Å². The van der Waals surface area contributed by atoms with Gasteiger partial charge in [0.15, 0.2) is 5.75 Å². The van der Waals surface area contributed by atoms with E-state index in [1.807, 2.05) is 19.9 Å². The van der Waals surface area contributed by atoms with E-state index in [9.17, 15) is 27.7 Å². The molecular formula is C16H17F4NO3. The number of rotatable bonds is 7. The summed E-state index contributed by atoms with van der Waals surface area (Å²) >= 11 is 0. The molecule has 0 fully saturated rings.